The van der Waals surface area contributed by atoms with E-state index in [1.54, 1.807) is 17.3 Å². The highest BCUT2D eigenvalue weighted by Gasteiger charge is 2.27. The Morgan fingerprint density at radius 3 is 2.83 bits per heavy atom. The number of carbonyl (C=O) groups is 1. The standard InChI is InChI=1S/C16H24N4O3/c1-12-7-17-8-15(18-12)23-13-3-5-20(6-4-13)10-14-9-19(2)16(21)11-22-14/h7-8,13-14H,3-6,9-11H2,1-2H3. The lowest BCUT2D eigenvalue weighted by Gasteiger charge is -2.36. The first kappa shape index (κ1) is 16.1. The van der Waals surface area contributed by atoms with Crippen LogP contribution in [0.1, 0.15) is 18.5 Å². The van der Waals surface area contributed by atoms with Gasteiger partial charge in [0.15, 0.2) is 0 Å². The van der Waals surface area contributed by atoms with Crippen molar-refractivity contribution < 1.29 is 14.3 Å². The summed E-state index contributed by atoms with van der Waals surface area (Å²) in [6.07, 6.45) is 5.63. The topological polar surface area (TPSA) is 67.8 Å². The SMILES string of the molecule is Cc1cncc(OC2CCN(CC3CN(C)C(=O)CO3)CC2)n1. The van der Waals surface area contributed by atoms with Crippen molar-refractivity contribution >= 4 is 5.91 Å². The van der Waals surface area contributed by atoms with E-state index < -0.39 is 0 Å². The number of likely N-dealkylation sites (N-methyl/N-ethyl adjacent to an activating group) is 1. The number of piperidine rings is 1. The Morgan fingerprint density at radius 1 is 1.35 bits per heavy atom. The molecule has 3 heterocycles. The fourth-order valence-electron chi connectivity index (χ4n) is 3.04. The number of amides is 1. The minimum absolute atomic E-state index is 0.0626. The maximum atomic E-state index is 11.4. The first-order chi connectivity index (χ1) is 11.1. The van der Waals surface area contributed by atoms with Gasteiger partial charge in [-0.2, -0.15) is 0 Å². The summed E-state index contributed by atoms with van der Waals surface area (Å²) >= 11 is 0. The molecule has 2 saturated heterocycles. The molecule has 1 aromatic rings. The second kappa shape index (κ2) is 7.23. The van der Waals surface area contributed by atoms with E-state index in [0.29, 0.717) is 12.4 Å². The molecule has 2 fully saturated rings. The van der Waals surface area contributed by atoms with E-state index in [4.69, 9.17) is 9.47 Å². The van der Waals surface area contributed by atoms with Gasteiger partial charge in [0, 0.05) is 39.4 Å². The Kier molecular flexibility index (Phi) is 5.07. The normalized spacial score (nSPS) is 24.0. The van der Waals surface area contributed by atoms with Crippen LogP contribution in [-0.2, 0) is 9.53 Å². The lowest BCUT2D eigenvalue weighted by molar-refractivity contribution is -0.148. The molecule has 0 bridgehead atoms. The number of hydrogen-bond acceptors (Lipinski definition) is 6. The zero-order chi connectivity index (χ0) is 16.2. The number of morpholine rings is 1. The summed E-state index contributed by atoms with van der Waals surface area (Å²) in [5, 5.41) is 0. The Balaban J connectivity index is 1.43. The summed E-state index contributed by atoms with van der Waals surface area (Å²) in [6.45, 7) is 5.60. The van der Waals surface area contributed by atoms with Crippen LogP contribution in [0.4, 0.5) is 0 Å². The first-order valence-corrected chi connectivity index (χ1v) is 8.13. The van der Waals surface area contributed by atoms with Gasteiger partial charge in [-0.05, 0) is 19.8 Å². The van der Waals surface area contributed by atoms with Crippen molar-refractivity contribution in [2.24, 2.45) is 0 Å². The van der Waals surface area contributed by atoms with Gasteiger partial charge in [-0.15, -0.1) is 0 Å². The predicted octanol–water partition coefficient (Wildman–Crippen LogP) is 0.485. The molecule has 3 rings (SSSR count). The van der Waals surface area contributed by atoms with E-state index >= 15 is 0 Å². The minimum atomic E-state index is 0.0626. The maximum absolute atomic E-state index is 11.4. The summed E-state index contributed by atoms with van der Waals surface area (Å²) in [4.78, 5) is 24.0. The van der Waals surface area contributed by atoms with Gasteiger partial charge in [-0.3, -0.25) is 9.78 Å². The number of likely N-dealkylation sites (tertiary alicyclic amines) is 1. The molecule has 2 aliphatic rings. The van der Waals surface area contributed by atoms with Crippen LogP contribution in [0.5, 0.6) is 5.88 Å². The molecule has 7 nitrogen and oxygen atoms in total. The molecule has 1 unspecified atom stereocenters. The van der Waals surface area contributed by atoms with Crippen molar-refractivity contribution in [3.8, 4) is 5.88 Å². The van der Waals surface area contributed by atoms with Crippen LogP contribution in [-0.4, -0.2) is 77.7 Å². The maximum Gasteiger partial charge on any atom is 0.248 e. The van der Waals surface area contributed by atoms with Crippen molar-refractivity contribution in [2.75, 3.05) is 39.8 Å². The molecular weight excluding hydrogens is 296 g/mol. The number of ether oxygens (including phenoxy) is 2. The molecular formula is C16H24N4O3. The molecule has 0 radical (unpaired) electrons. The highest BCUT2D eigenvalue weighted by atomic mass is 16.5. The highest BCUT2D eigenvalue weighted by molar-refractivity contribution is 5.77. The van der Waals surface area contributed by atoms with Crippen LogP contribution >= 0.6 is 0 Å². The van der Waals surface area contributed by atoms with E-state index in [1.807, 2.05) is 14.0 Å². The van der Waals surface area contributed by atoms with Crippen molar-refractivity contribution in [3.05, 3.63) is 18.1 Å². The van der Waals surface area contributed by atoms with E-state index in [1.165, 1.54) is 0 Å². The van der Waals surface area contributed by atoms with E-state index in [0.717, 1.165) is 38.2 Å². The van der Waals surface area contributed by atoms with Gasteiger partial charge < -0.3 is 19.3 Å². The molecule has 0 aromatic carbocycles. The quantitative estimate of drug-likeness (QED) is 0.804. The van der Waals surface area contributed by atoms with Crippen molar-refractivity contribution in [1.29, 1.82) is 0 Å². The van der Waals surface area contributed by atoms with E-state index in [9.17, 15) is 4.79 Å². The summed E-state index contributed by atoms with van der Waals surface area (Å²) < 4.78 is 11.5. The van der Waals surface area contributed by atoms with Crippen molar-refractivity contribution in [2.45, 2.75) is 32.0 Å². The molecule has 0 spiro atoms. The summed E-state index contributed by atoms with van der Waals surface area (Å²) in [5.41, 5.74) is 0.869. The molecule has 1 aromatic heterocycles. The van der Waals surface area contributed by atoms with Gasteiger partial charge in [-0.1, -0.05) is 0 Å². The van der Waals surface area contributed by atoms with Crippen molar-refractivity contribution in [1.82, 2.24) is 19.8 Å². The van der Waals surface area contributed by atoms with Gasteiger partial charge in [0.05, 0.1) is 18.0 Å². The van der Waals surface area contributed by atoms with E-state index in [2.05, 4.69) is 14.9 Å². The zero-order valence-corrected chi connectivity index (χ0v) is 13.8. The Labute approximate surface area is 136 Å². The average molecular weight is 320 g/mol. The van der Waals surface area contributed by atoms with Crippen LogP contribution < -0.4 is 4.74 Å². The number of carbonyl (C=O) groups excluding carboxylic acids is 1. The molecule has 0 N–H and O–H groups in total. The molecule has 0 saturated carbocycles. The Morgan fingerprint density at radius 2 is 2.13 bits per heavy atom. The zero-order valence-electron chi connectivity index (χ0n) is 13.8. The summed E-state index contributed by atoms with van der Waals surface area (Å²) in [7, 11) is 1.83. The van der Waals surface area contributed by atoms with Crippen LogP contribution in [0.25, 0.3) is 0 Å². The fourth-order valence-corrected chi connectivity index (χ4v) is 3.04. The lowest BCUT2D eigenvalue weighted by atomic mass is 10.1. The Hall–Kier alpha value is -1.73. The third kappa shape index (κ3) is 4.39. The van der Waals surface area contributed by atoms with Gasteiger partial charge in [-0.25, -0.2) is 4.98 Å². The number of hydrogen-bond donors (Lipinski definition) is 0. The molecule has 1 amide bonds. The minimum Gasteiger partial charge on any atom is -0.473 e. The predicted molar refractivity (Wildman–Crippen MR) is 84.2 cm³/mol. The van der Waals surface area contributed by atoms with Crippen molar-refractivity contribution in [3.63, 3.8) is 0 Å². The fraction of sp³-hybridized carbons (Fsp3) is 0.688. The number of aryl methyl sites for hydroxylation is 1. The van der Waals surface area contributed by atoms with Gasteiger partial charge >= 0.3 is 0 Å². The number of rotatable bonds is 4. The Bertz CT molecular complexity index is 546. The molecule has 126 valence electrons. The van der Waals surface area contributed by atoms with Gasteiger partial charge in [0.25, 0.3) is 0 Å². The second-order valence-corrected chi connectivity index (χ2v) is 6.32. The summed E-state index contributed by atoms with van der Waals surface area (Å²) in [6, 6.07) is 0. The average Bonchev–Trinajstić information content (AvgIpc) is 2.53. The van der Waals surface area contributed by atoms with E-state index in [-0.39, 0.29) is 24.7 Å². The molecule has 7 heteroatoms. The number of nitrogens with zero attached hydrogens (tertiary/aromatic N) is 4. The summed E-state index contributed by atoms with van der Waals surface area (Å²) in [5.74, 6) is 0.673. The second-order valence-electron chi connectivity index (χ2n) is 6.32. The van der Waals surface area contributed by atoms with Crippen LogP contribution in [0.15, 0.2) is 12.4 Å². The third-order valence-corrected chi connectivity index (χ3v) is 4.36. The van der Waals surface area contributed by atoms with Gasteiger partial charge in [0.1, 0.15) is 12.7 Å². The highest BCUT2D eigenvalue weighted by Crippen LogP contribution is 2.18. The van der Waals surface area contributed by atoms with Crippen LogP contribution in [0.3, 0.4) is 0 Å². The molecule has 1 atom stereocenters. The largest absolute Gasteiger partial charge is 0.473 e. The third-order valence-electron chi connectivity index (χ3n) is 4.36. The lowest BCUT2D eigenvalue weighted by Crippen LogP contribution is -2.50. The first-order valence-electron chi connectivity index (χ1n) is 8.13. The molecule has 0 aliphatic carbocycles. The van der Waals surface area contributed by atoms with Crippen LogP contribution in [0.2, 0.25) is 0 Å². The van der Waals surface area contributed by atoms with Gasteiger partial charge in [0.2, 0.25) is 11.8 Å². The smallest absolute Gasteiger partial charge is 0.248 e. The molecule has 2 aliphatic heterocycles. The van der Waals surface area contributed by atoms with Crippen LogP contribution in [0, 0.1) is 6.92 Å². The molecule has 23 heavy (non-hydrogen) atoms. The number of aromatic nitrogens is 2. The monoisotopic (exact) mass is 320 g/mol.